The highest BCUT2D eigenvalue weighted by Crippen LogP contribution is 2.27. The van der Waals surface area contributed by atoms with Crippen molar-refractivity contribution in [3.8, 4) is 0 Å². The van der Waals surface area contributed by atoms with Crippen LogP contribution in [-0.2, 0) is 16.8 Å². The fourth-order valence-corrected chi connectivity index (χ4v) is 3.94. The van der Waals surface area contributed by atoms with Gasteiger partial charge in [-0.2, -0.15) is 13.1 Å². The summed E-state index contributed by atoms with van der Waals surface area (Å²) in [4.78, 5) is 0. The number of rotatable bonds is 3. The SMILES string of the molecule is CC1CN(S(=O)(=O)NC2CC2)c2ccccc2CN1. The quantitative estimate of drug-likeness (QED) is 0.868. The first-order chi connectivity index (χ1) is 9.06. The molecule has 1 atom stereocenters. The molecule has 0 aromatic heterocycles. The second kappa shape index (κ2) is 4.77. The Labute approximate surface area is 114 Å². The van der Waals surface area contributed by atoms with Crippen LogP contribution in [0.1, 0.15) is 25.3 Å². The normalized spacial score (nSPS) is 23.8. The van der Waals surface area contributed by atoms with Crippen molar-refractivity contribution >= 4 is 15.9 Å². The van der Waals surface area contributed by atoms with Gasteiger partial charge in [0.15, 0.2) is 0 Å². The Morgan fingerprint density at radius 1 is 1.32 bits per heavy atom. The van der Waals surface area contributed by atoms with Gasteiger partial charge in [0, 0.05) is 18.6 Å². The molecule has 0 amide bonds. The first-order valence-electron chi connectivity index (χ1n) is 6.67. The number of nitrogens with one attached hydrogen (secondary N) is 2. The van der Waals surface area contributed by atoms with Crippen molar-refractivity contribution in [1.29, 1.82) is 0 Å². The van der Waals surface area contributed by atoms with Gasteiger partial charge in [-0.1, -0.05) is 18.2 Å². The summed E-state index contributed by atoms with van der Waals surface area (Å²) in [5, 5.41) is 3.34. The summed E-state index contributed by atoms with van der Waals surface area (Å²) in [7, 11) is -3.45. The Balaban J connectivity index is 1.97. The lowest BCUT2D eigenvalue weighted by atomic mass is 10.2. The molecule has 0 radical (unpaired) electrons. The molecule has 3 rings (SSSR count). The van der Waals surface area contributed by atoms with E-state index in [0.29, 0.717) is 13.1 Å². The standard InChI is InChI=1S/C13H19N3O2S/c1-10-9-16(19(17,18)15-12-6-7-12)13-5-3-2-4-11(13)8-14-10/h2-5,10,12,14-15H,6-9H2,1H3. The largest absolute Gasteiger partial charge is 0.308 e. The maximum Gasteiger partial charge on any atom is 0.301 e. The van der Waals surface area contributed by atoms with Crippen LogP contribution in [-0.4, -0.2) is 27.0 Å². The van der Waals surface area contributed by atoms with Crippen LogP contribution >= 0.6 is 0 Å². The molecule has 1 aromatic rings. The van der Waals surface area contributed by atoms with Crippen LogP contribution in [0.25, 0.3) is 0 Å². The molecule has 6 heteroatoms. The highest BCUT2D eigenvalue weighted by Gasteiger charge is 2.33. The van der Waals surface area contributed by atoms with Gasteiger partial charge in [0.1, 0.15) is 0 Å². The van der Waals surface area contributed by atoms with Crippen molar-refractivity contribution in [1.82, 2.24) is 10.0 Å². The monoisotopic (exact) mass is 281 g/mol. The van der Waals surface area contributed by atoms with Crippen LogP contribution in [0.3, 0.4) is 0 Å². The first kappa shape index (κ1) is 12.9. The minimum absolute atomic E-state index is 0.128. The molecule has 1 unspecified atom stereocenters. The molecule has 5 nitrogen and oxygen atoms in total. The van der Waals surface area contributed by atoms with Crippen molar-refractivity contribution in [2.75, 3.05) is 10.8 Å². The van der Waals surface area contributed by atoms with Crippen LogP contribution < -0.4 is 14.3 Å². The summed E-state index contributed by atoms with van der Waals surface area (Å²) >= 11 is 0. The van der Waals surface area contributed by atoms with Crippen molar-refractivity contribution in [2.45, 2.75) is 38.4 Å². The zero-order chi connectivity index (χ0) is 13.5. The number of fused-ring (bicyclic) bond motifs is 1. The average molecular weight is 281 g/mol. The van der Waals surface area contributed by atoms with E-state index in [2.05, 4.69) is 10.0 Å². The Morgan fingerprint density at radius 3 is 2.79 bits per heavy atom. The number of anilines is 1. The van der Waals surface area contributed by atoms with Gasteiger partial charge in [0.05, 0.1) is 12.2 Å². The summed E-state index contributed by atoms with van der Waals surface area (Å²) in [6.45, 7) is 3.16. The number of nitrogens with zero attached hydrogens (tertiary/aromatic N) is 1. The van der Waals surface area contributed by atoms with Crippen molar-refractivity contribution in [2.24, 2.45) is 0 Å². The van der Waals surface area contributed by atoms with Gasteiger partial charge < -0.3 is 5.32 Å². The fourth-order valence-electron chi connectivity index (χ4n) is 2.30. The van der Waals surface area contributed by atoms with Crippen molar-refractivity contribution < 1.29 is 8.42 Å². The Bertz CT molecular complexity index is 569. The van der Waals surface area contributed by atoms with Gasteiger partial charge >= 0.3 is 10.2 Å². The summed E-state index contributed by atoms with van der Waals surface area (Å²) in [6, 6.07) is 7.93. The van der Waals surface area contributed by atoms with Gasteiger partial charge in [0.2, 0.25) is 0 Å². The van der Waals surface area contributed by atoms with E-state index < -0.39 is 10.2 Å². The van der Waals surface area contributed by atoms with Crippen LogP contribution in [0.5, 0.6) is 0 Å². The van der Waals surface area contributed by atoms with E-state index in [1.807, 2.05) is 31.2 Å². The Kier molecular flexibility index (Phi) is 3.24. The topological polar surface area (TPSA) is 61.4 Å². The van der Waals surface area contributed by atoms with Crippen LogP contribution in [0, 0.1) is 0 Å². The number of para-hydroxylation sites is 1. The predicted molar refractivity (Wildman–Crippen MR) is 75.2 cm³/mol. The summed E-state index contributed by atoms with van der Waals surface area (Å²) in [5.74, 6) is 0. The zero-order valence-electron chi connectivity index (χ0n) is 11.0. The molecule has 1 aliphatic carbocycles. The molecule has 2 N–H and O–H groups in total. The number of hydrogen-bond acceptors (Lipinski definition) is 3. The Morgan fingerprint density at radius 2 is 2.05 bits per heavy atom. The van der Waals surface area contributed by atoms with Crippen molar-refractivity contribution in [3.05, 3.63) is 29.8 Å². The smallest absolute Gasteiger partial charge is 0.301 e. The summed E-state index contributed by atoms with van der Waals surface area (Å²) < 4.78 is 29.2. The lowest BCUT2D eigenvalue weighted by Crippen LogP contribution is -2.46. The van der Waals surface area contributed by atoms with Crippen LogP contribution in [0.15, 0.2) is 24.3 Å². The molecule has 2 aliphatic rings. The number of benzene rings is 1. The molecule has 19 heavy (non-hydrogen) atoms. The Hall–Kier alpha value is -1.11. The van der Waals surface area contributed by atoms with E-state index in [9.17, 15) is 8.42 Å². The van der Waals surface area contributed by atoms with E-state index >= 15 is 0 Å². The predicted octanol–water partition coefficient (Wildman–Crippen LogP) is 0.981. The van der Waals surface area contributed by atoms with E-state index in [1.165, 1.54) is 4.31 Å². The molecule has 1 aliphatic heterocycles. The highest BCUT2D eigenvalue weighted by molar-refractivity contribution is 7.90. The molecular formula is C13H19N3O2S. The molecule has 0 spiro atoms. The van der Waals surface area contributed by atoms with Crippen LogP contribution in [0.2, 0.25) is 0 Å². The lowest BCUT2D eigenvalue weighted by Gasteiger charge is -2.26. The molecule has 0 saturated heterocycles. The van der Waals surface area contributed by atoms with E-state index in [1.54, 1.807) is 0 Å². The van der Waals surface area contributed by atoms with Gasteiger partial charge in [0.25, 0.3) is 0 Å². The van der Waals surface area contributed by atoms with Gasteiger partial charge in [-0.25, -0.2) is 0 Å². The van der Waals surface area contributed by atoms with Crippen LogP contribution in [0.4, 0.5) is 5.69 Å². The van der Waals surface area contributed by atoms with E-state index in [4.69, 9.17) is 0 Å². The minimum atomic E-state index is -3.45. The van der Waals surface area contributed by atoms with Gasteiger partial charge in [-0.3, -0.25) is 4.31 Å². The summed E-state index contributed by atoms with van der Waals surface area (Å²) in [6.07, 6.45) is 1.89. The molecular weight excluding hydrogens is 262 g/mol. The first-order valence-corrected chi connectivity index (χ1v) is 8.11. The third kappa shape index (κ3) is 2.75. The van der Waals surface area contributed by atoms with E-state index in [0.717, 1.165) is 24.1 Å². The summed E-state index contributed by atoms with van der Waals surface area (Å²) in [5.41, 5.74) is 1.81. The van der Waals surface area contributed by atoms with Gasteiger partial charge in [-0.05, 0) is 31.4 Å². The maximum atomic E-state index is 12.5. The second-order valence-corrected chi connectivity index (χ2v) is 6.97. The molecule has 0 bridgehead atoms. The zero-order valence-corrected chi connectivity index (χ0v) is 11.8. The molecule has 1 heterocycles. The third-order valence-electron chi connectivity index (χ3n) is 3.52. The minimum Gasteiger partial charge on any atom is -0.308 e. The highest BCUT2D eigenvalue weighted by atomic mass is 32.2. The van der Waals surface area contributed by atoms with E-state index in [-0.39, 0.29) is 12.1 Å². The number of hydrogen-bond donors (Lipinski definition) is 2. The lowest BCUT2D eigenvalue weighted by molar-refractivity contribution is 0.549. The molecule has 1 fully saturated rings. The fraction of sp³-hybridized carbons (Fsp3) is 0.538. The second-order valence-electron chi connectivity index (χ2n) is 5.34. The molecule has 104 valence electrons. The van der Waals surface area contributed by atoms with Gasteiger partial charge in [-0.15, -0.1) is 0 Å². The van der Waals surface area contributed by atoms with Crippen molar-refractivity contribution in [3.63, 3.8) is 0 Å². The molecule has 1 saturated carbocycles. The average Bonchev–Trinajstić information content (AvgIpc) is 3.17. The maximum absolute atomic E-state index is 12.5. The molecule has 1 aromatic carbocycles. The third-order valence-corrected chi connectivity index (χ3v) is 5.08.